The minimum atomic E-state index is -0.757. The maximum absolute atomic E-state index is 11.3. The molecule has 0 saturated heterocycles. The van der Waals surface area contributed by atoms with Gasteiger partial charge in [-0.05, 0) is 19.2 Å². The minimum absolute atomic E-state index is 0.428. The summed E-state index contributed by atoms with van der Waals surface area (Å²) < 4.78 is 4.81. The van der Waals surface area contributed by atoms with E-state index in [0.29, 0.717) is 5.56 Å². The highest BCUT2D eigenvalue weighted by atomic mass is 16.6. The first-order valence-corrected chi connectivity index (χ1v) is 3.93. The van der Waals surface area contributed by atoms with Crippen molar-refractivity contribution in [2.75, 3.05) is 7.05 Å². The molecule has 1 atom stereocenters. The van der Waals surface area contributed by atoms with E-state index in [9.17, 15) is 4.79 Å². The second-order valence-electron chi connectivity index (χ2n) is 2.48. The summed E-state index contributed by atoms with van der Waals surface area (Å²) in [5.41, 5.74) is 5.85. The predicted molar refractivity (Wildman–Crippen MR) is 48.9 cm³/mol. The van der Waals surface area contributed by atoms with Crippen LogP contribution in [0.15, 0.2) is 30.3 Å². The van der Waals surface area contributed by atoms with E-state index >= 15 is 0 Å². The summed E-state index contributed by atoms with van der Waals surface area (Å²) in [5.74, 6) is -0.428. The monoisotopic (exact) mass is 180 g/mol. The van der Waals surface area contributed by atoms with Gasteiger partial charge < -0.3 is 4.74 Å². The lowest BCUT2D eigenvalue weighted by atomic mass is 10.2. The van der Waals surface area contributed by atoms with Gasteiger partial charge in [0, 0.05) is 0 Å². The number of carbonyl (C=O) groups is 1. The van der Waals surface area contributed by atoms with Crippen molar-refractivity contribution in [2.45, 2.75) is 6.35 Å². The zero-order valence-electron chi connectivity index (χ0n) is 7.36. The molecule has 0 aliphatic carbocycles. The average Bonchev–Trinajstić information content (AvgIpc) is 2.19. The number of nitrogens with one attached hydrogen (secondary N) is 1. The highest BCUT2D eigenvalue weighted by Gasteiger charge is 2.08. The fraction of sp³-hybridized carbons (Fsp3) is 0.222. The predicted octanol–water partition coefficient (Wildman–Crippen LogP) is 0.305. The van der Waals surface area contributed by atoms with Crippen LogP contribution in [-0.2, 0) is 4.74 Å². The molecule has 13 heavy (non-hydrogen) atoms. The van der Waals surface area contributed by atoms with E-state index in [1.807, 2.05) is 6.07 Å². The molecule has 3 N–H and O–H groups in total. The van der Waals surface area contributed by atoms with E-state index < -0.39 is 12.3 Å². The average molecular weight is 180 g/mol. The number of rotatable bonds is 3. The van der Waals surface area contributed by atoms with Gasteiger partial charge in [0.2, 0.25) is 6.35 Å². The third kappa shape index (κ3) is 2.85. The van der Waals surface area contributed by atoms with Crippen molar-refractivity contribution in [2.24, 2.45) is 5.73 Å². The third-order valence-corrected chi connectivity index (χ3v) is 1.53. The molecule has 0 saturated carbocycles. The van der Waals surface area contributed by atoms with Crippen LogP contribution in [0.2, 0.25) is 0 Å². The van der Waals surface area contributed by atoms with Crippen molar-refractivity contribution in [1.29, 1.82) is 0 Å². The molecule has 0 spiro atoms. The summed E-state index contributed by atoms with van der Waals surface area (Å²) in [6.07, 6.45) is -0.757. The van der Waals surface area contributed by atoms with Gasteiger partial charge in [-0.1, -0.05) is 18.2 Å². The van der Waals surface area contributed by atoms with E-state index in [-0.39, 0.29) is 0 Å². The Morgan fingerprint density at radius 2 is 2.08 bits per heavy atom. The molecule has 4 heteroatoms. The molecule has 0 fully saturated rings. The van der Waals surface area contributed by atoms with Gasteiger partial charge in [0.25, 0.3) is 0 Å². The standard InChI is InChI=1S/C9H12N2O2/c1-11-9(10)13-8(12)7-5-3-2-4-6-7/h2-6,9,11H,10H2,1H3/t9-/m1/s1. The number of ether oxygens (including phenoxy) is 1. The quantitative estimate of drug-likeness (QED) is 0.519. The van der Waals surface area contributed by atoms with Crippen molar-refractivity contribution in [3.63, 3.8) is 0 Å². The number of hydrogen-bond donors (Lipinski definition) is 2. The Kier molecular flexibility index (Phi) is 3.42. The molecule has 0 radical (unpaired) electrons. The molecule has 1 rings (SSSR count). The highest BCUT2D eigenvalue weighted by molar-refractivity contribution is 5.89. The Bertz CT molecular complexity index is 274. The van der Waals surface area contributed by atoms with Crippen molar-refractivity contribution in [3.8, 4) is 0 Å². The van der Waals surface area contributed by atoms with E-state index in [1.54, 1.807) is 31.3 Å². The molecule has 1 aromatic carbocycles. The van der Waals surface area contributed by atoms with Gasteiger partial charge in [0.1, 0.15) is 0 Å². The Morgan fingerprint density at radius 1 is 1.46 bits per heavy atom. The zero-order valence-corrected chi connectivity index (χ0v) is 7.36. The molecule has 0 heterocycles. The number of hydrogen-bond acceptors (Lipinski definition) is 4. The molecule has 0 amide bonds. The molecule has 0 aromatic heterocycles. The van der Waals surface area contributed by atoms with Gasteiger partial charge in [0.15, 0.2) is 0 Å². The van der Waals surface area contributed by atoms with Crippen molar-refractivity contribution < 1.29 is 9.53 Å². The molecule has 4 nitrogen and oxygen atoms in total. The summed E-state index contributed by atoms with van der Waals surface area (Å²) in [5, 5.41) is 2.60. The topological polar surface area (TPSA) is 64.3 Å². The van der Waals surface area contributed by atoms with Gasteiger partial charge in [-0.25, -0.2) is 4.79 Å². The largest absolute Gasteiger partial charge is 0.430 e. The van der Waals surface area contributed by atoms with E-state index in [2.05, 4.69) is 5.32 Å². The minimum Gasteiger partial charge on any atom is -0.430 e. The van der Waals surface area contributed by atoms with Crippen molar-refractivity contribution in [1.82, 2.24) is 5.32 Å². The lowest BCUT2D eigenvalue weighted by Crippen LogP contribution is -2.38. The first-order chi connectivity index (χ1) is 6.24. The third-order valence-electron chi connectivity index (χ3n) is 1.53. The molecular weight excluding hydrogens is 168 g/mol. The Hall–Kier alpha value is -1.39. The molecule has 0 unspecified atom stereocenters. The fourth-order valence-corrected chi connectivity index (χ4v) is 0.817. The Labute approximate surface area is 76.7 Å². The Morgan fingerprint density at radius 3 is 2.62 bits per heavy atom. The van der Waals surface area contributed by atoms with Gasteiger partial charge in [-0.3, -0.25) is 11.1 Å². The summed E-state index contributed by atoms with van der Waals surface area (Å²) >= 11 is 0. The number of carbonyl (C=O) groups excluding carboxylic acids is 1. The van der Waals surface area contributed by atoms with Crippen LogP contribution < -0.4 is 11.1 Å². The molecule has 0 aliphatic heterocycles. The van der Waals surface area contributed by atoms with Crippen LogP contribution in [0.3, 0.4) is 0 Å². The van der Waals surface area contributed by atoms with Crippen molar-refractivity contribution >= 4 is 5.97 Å². The SMILES string of the molecule is CN[C@@H](N)OC(=O)c1ccccc1. The summed E-state index contributed by atoms with van der Waals surface area (Å²) in [6, 6.07) is 8.70. The normalized spacial score (nSPS) is 12.2. The second-order valence-corrected chi connectivity index (χ2v) is 2.48. The first-order valence-electron chi connectivity index (χ1n) is 3.93. The smallest absolute Gasteiger partial charge is 0.340 e. The Balaban J connectivity index is 2.59. The van der Waals surface area contributed by atoms with Crippen molar-refractivity contribution in [3.05, 3.63) is 35.9 Å². The van der Waals surface area contributed by atoms with Gasteiger partial charge >= 0.3 is 5.97 Å². The van der Waals surface area contributed by atoms with E-state index in [4.69, 9.17) is 10.5 Å². The van der Waals surface area contributed by atoms with Crippen LogP contribution >= 0.6 is 0 Å². The molecule has 0 aliphatic rings. The summed E-state index contributed by atoms with van der Waals surface area (Å²) in [7, 11) is 1.61. The zero-order chi connectivity index (χ0) is 9.68. The lowest BCUT2D eigenvalue weighted by molar-refractivity contribution is 0.0254. The lowest BCUT2D eigenvalue weighted by Gasteiger charge is -2.11. The van der Waals surface area contributed by atoms with Gasteiger partial charge in [-0.2, -0.15) is 0 Å². The maximum atomic E-state index is 11.3. The number of esters is 1. The van der Waals surface area contributed by atoms with Gasteiger partial charge in [-0.15, -0.1) is 0 Å². The summed E-state index contributed by atoms with van der Waals surface area (Å²) in [4.78, 5) is 11.3. The molecule has 1 aromatic rings. The van der Waals surface area contributed by atoms with E-state index in [1.165, 1.54) is 0 Å². The van der Waals surface area contributed by atoms with Crippen LogP contribution in [0.1, 0.15) is 10.4 Å². The first kappa shape index (κ1) is 9.70. The maximum Gasteiger partial charge on any atom is 0.340 e. The molecular formula is C9H12N2O2. The van der Waals surface area contributed by atoms with Crippen LogP contribution in [0.5, 0.6) is 0 Å². The van der Waals surface area contributed by atoms with Gasteiger partial charge in [0.05, 0.1) is 5.56 Å². The van der Waals surface area contributed by atoms with Crippen LogP contribution in [0.25, 0.3) is 0 Å². The number of benzene rings is 1. The second kappa shape index (κ2) is 4.59. The molecule has 0 bridgehead atoms. The fourth-order valence-electron chi connectivity index (χ4n) is 0.817. The van der Waals surface area contributed by atoms with E-state index in [0.717, 1.165) is 0 Å². The van der Waals surface area contributed by atoms with Crippen LogP contribution in [-0.4, -0.2) is 19.4 Å². The number of nitrogens with two attached hydrogens (primary N) is 1. The molecule has 70 valence electrons. The van der Waals surface area contributed by atoms with Crippen LogP contribution in [0, 0.1) is 0 Å². The summed E-state index contributed by atoms with van der Waals surface area (Å²) in [6.45, 7) is 0. The highest BCUT2D eigenvalue weighted by Crippen LogP contribution is 2.00. The van der Waals surface area contributed by atoms with Crippen LogP contribution in [0.4, 0.5) is 0 Å².